The average molecular weight is 279 g/mol. The maximum atomic E-state index is 12.5. The number of hydrogen-bond donors (Lipinski definition) is 0. The van der Waals surface area contributed by atoms with E-state index in [-0.39, 0.29) is 5.78 Å². The molecule has 0 saturated heterocycles. The zero-order chi connectivity index (χ0) is 14.3. The standard InChI is InChI=1S/C15H12F3NO/c16-15(17,18)10-4-6-11(7-5-10)19-9-8-12-13(19)2-1-3-14(12)20/h4-9H,1-3H2. The van der Waals surface area contributed by atoms with Gasteiger partial charge in [-0.25, -0.2) is 0 Å². The third-order valence-corrected chi connectivity index (χ3v) is 3.58. The number of aromatic nitrogens is 1. The van der Waals surface area contributed by atoms with Crippen LogP contribution in [0.15, 0.2) is 36.5 Å². The molecule has 0 atom stereocenters. The van der Waals surface area contributed by atoms with Crippen molar-refractivity contribution in [2.45, 2.75) is 25.4 Å². The summed E-state index contributed by atoms with van der Waals surface area (Å²) >= 11 is 0. The first-order valence-corrected chi connectivity index (χ1v) is 6.38. The zero-order valence-corrected chi connectivity index (χ0v) is 10.6. The molecule has 1 heterocycles. The Balaban J connectivity index is 2.00. The summed E-state index contributed by atoms with van der Waals surface area (Å²) in [5, 5.41) is 0. The summed E-state index contributed by atoms with van der Waals surface area (Å²) in [5.74, 6) is 0.108. The highest BCUT2D eigenvalue weighted by Gasteiger charge is 2.30. The third-order valence-electron chi connectivity index (χ3n) is 3.58. The first-order chi connectivity index (χ1) is 9.47. The molecule has 0 saturated carbocycles. The van der Waals surface area contributed by atoms with Crippen molar-refractivity contribution in [1.29, 1.82) is 0 Å². The summed E-state index contributed by atoms with van der Waals surface area (Å²) in [6.07, 6.45) is -0.476. The maximum Gasteiger partial charge on any atom is 0.416 e. The molecule has 104 valence electrons. The Labute approximate surface area is 113 Å². The van der Waals surface area contributed by atoms with Crippen LogP contribution in [0.25, 0.3) is 5.69 Å². The first kappa shape index (κ1) is 13.0. The lowest BCUT2D eigenvalue weighted by Crippen LogP contribution is -2.12. The van der Waals surface area contributed by atoms with Gasteiger partial charge in [-0.15, -0.1) is 0 Å². The van der Waals surface area contributed by atoms with E-state index in [0.717, 1.165) is 30.7 Å². The predicted molar refractivity (Wildman–Crippen MR) is 68.0 cm³/mol. The van der Waals surface area contributed by atoms with Gasteiger partial charge in [0.05, 0.1) is 5.56 Å². The number of fused-ring (bicyclic) bond motifs is 1. The molecule has 0 N–H and O–H groups in total. The molecule has 1 aromatic carbocycles. The minimum atomic E-state index is -4.33. The second-order valence-electron chi connectivity index (χ2n) is 4.87. The Morgan fingerprint density at radius 2 is 1.70 bits per heavy atom. The number of carbonyl (C=O) groups is 1. The molecule has 0 amide bonds. The number of hydrogen-bond acceptors (Lipinski definition) is 1. The average Bonchev–Trinajstić information content (AvgIpc) is 2.83. The first-order valence-electron chi connectivity index (χ1n) is 6.38. The van der Waals surface area contributed by atoms with Gasteiger partial charge in [0.25, 0.3) is 0 Å². The fraction of sp³-hybridized carbons (Fsp3) is 0.267. The molecule has 5 heteroatoms. The van der Waals surface area contributed by atoms with E-state index in [1.54, 1.807) is 16.8 Å². The van der Waals surface area contributed by atoms with Crippen LogP contribution in [-0.4, -0.2) is 10.4 Å². The van der Waals surface area contributed by atoms with Crippen LogP contribution in [-0.2, 0) is 12.6 Å². The largest absolute Gasteiger partial charge is 0.416 e. The molecule has 0 unspecified atom stereocenters. The van der Waals surface area contributed by atoms with Gasteiger partial charge in [-0.1, -0.05) is 0 Å². The minimum Gasteiger partial charge on any atom is -0.320 e. The summed E-state index contributed by atoms with van der Waals surface area (Å²) in [4.78, 5) is 11.8. The lowest BCUT2D eigenvalue weighted by atomic mass is 9.97. The van der Waals surface area contributed by atoms with Crippen molar-refractivity contribution in [3.05, 3.63) is 53.3 Å². The van der Waals surface area contributed by atoms with E-state index in [2.05, 4.69) is 0 Å². The van der Waals surface area contributed by atoms with Gasteiger partial charge < -0.3 is 4.57 Å². The highest BCUT2D eigenvalue weighted by molar-refractivity contribution is 5.98. The smallest absolute Gasteiger partial charge is 0.320 e. The Morgan fingerprint density at radius 1 is 1.00 bits per heavy atom. The minimum absolute atomic E-state index is 0.108. The third kappa shape index (κ3) is 2.13. The second kappa shape index (κ2) is 4.51. The van der Waals surface area contributed by atoms with Crippen molar-refractivity contribution in [3.63, 3.8) is 0 Å². The molecule has 0 radical (unpaired) electrons. The molecule has 1 aromatic heterocycles. The molecule has 0 spiro atoms. The van der Waals surface area contributed by atoms with Gasteiger partial charge >= 0.3 is 6.18 Å². The lowest BCUT2D eigenvalue weighted by molar-refractivity contribution is -0.137. The number of halogens is 3. The van der Waals surface area contributed by atoms with Gasteiger partial charge in [0, 0.05) is 29.6 Å². The molecule has 2 nitrogen and oxygen atoms in total. The van der Waals surface area contributed by atoms with Gasteiger partial charge in [0.15, 0.2) is 5.78 Å². The zero-order valence-electron chi connectivity index (χ0n) is 10.6. The van der Waals surface area contributed by atoms with Gasteiger partial charge in [-0.3, -0.25) is 4.79 Å². The molecule has 2 aromatic rings. The van der Waals surface area contributed by atoms with Crippen LogP contribution in [0, 0.1) is 0 Å². The van der Waals surface area contributed by atoms with Crippen LogP contribution in [0.2, 0.25) is 0 Å². The van der Waals surface area contributed by atoms with E-state index in [1.165, 1.54) is 12.1 Å². The highest BCUT2D eigenvalue weighted by atomic mass is 19.4. The van der Waals surface area contributed by atoms with Crippen LogP contribution in [0.5, 0.6) is 0 Å². The summed E-state index contributed by atoms with van der Waals surface area (Å²) in [7, 11) is 0. The van der Waals surface area contributed by atoms with Crippen molar-refractivity contribution in [3.8, 4) is 5.69 Å². The summed E-state index contributed by atoms with van der Waals surface area (Å²) < 4.78 is 39.4. The number of carbonyl (C=O) groups excluding carboxylic acids is 1. The van der Waals surface area contributed by atoms with Crippen molar-refractivity contribution >= 4 is 5.78 Å². The summed E-state index contributed by atoms with van der Waals surface area (Å²) in [6.45, 7) is 0. The molecule has 3 rings (SSSR count). The highest BCUT2D eigenvalue weighted by Crippen LogP contribution is 2.31. The van der Waals surface area contributed by atoms with Crippen molar-refractivity contribution in [2.24, 2.45) is 0 Å². The van der Waals surface area contributed by atoms with Gasteiger partial charge in [0.2, 0.25) is 0 Å². The van der Waals surface area contributed by atoms with E-state index in [1.807, 2.05) is 0 Å². The number of nitrogens with zero attached hydrogens (tertiary/aromatic N) is 1. The Morgan fingerprint density at radius 3 is 2.35 bits per heavy atom. The van der Waals surface area contributed by atoms with E-state index in [0.29, 0.717) is 17.7 Å². The van der Waals surface area contributed by atoms with Gasteiger partial charge in [0.1, 0.15) is 0 Å². The molecule has 0 bridgehead atoms. The SMILES string of the molecule is O=C1CCCc2c1ccn2-c1ccc(C(F)(F)F)cc1. The van der Waals surface area contributed by atoms with Crippen molar-refractivity contribution in [2.75, 3.05) is 0 Å². The van der Waals surface area contributed by atoms with Crippen molar-refractivity contribution in [1.82, 2.24) is 4.57 Å². The van der Waals surface area contributed by atoms with Crippen LogP contribution in [0.3, 0.4) is 0 Å². The quantitative estimate of drug-likeness (QED) is 0.773. The maximum absolute atomic E-state index is 12.5. The Bertz CT molecular complexity index is 653. The monoisotopic (exact) mass is 279 g/mol. The normalized spacial score (nSPS) is 15.2. The summed E-state index contributed by atoms with van der Waals surface area (Å²) in [5.41, 5.74) is 1.56. The molecule has 0 fully saturated rings. The van der Waals surface area contributed by atoms with E-state index in [4.69, 9.17) is 0 Å². The van der Waals surface area contributed by atoms with Crippen LogP contribution in [0.4, 0.5) is 13.2 Å². The number of rotatable bonds is 1. The van der Waals surface area contributed by atoms with E-state index >= 15 is 0 Å². The number of Topliss-reactive ketones (excluding diaryl/α,β-unsaturated/α-hetero) is 1. The molecule has 1 aliphatic carbocycles. The number of benzene rings is 1. The molecule has 20 heavy (non-hydrogen) atoms. The van der Waals surface area contributed by atoms with E-state index in [9.17, 15) is 18.0 Å². The molecular weight excluding hydrogens is 267 g/mol. The lowest BCUT2D eigenvalue weighted by Gasteiger charge is -2.15. The van der Waals surface area contributed by atoms with E-state index < -0.39 is 11.7 Å². The van der Waals surface area contributed by atoms with Crippen LogP contribution >= 0.6 is 0 Å². The topological polar surface area (TPSA) is 22.0 Å². The number of ketones is 1. The second-order valence-corrected chi connectivity index (χ2v) is 4.87. The van der Waals surface area contributed by atoms with Crippen LogP contribution in [0.1, 0.15) is 34.5 Å². The summed E-state index contributed by atoms with van der Waals surface area (Å²) in [6, 6.07) is 6.73. The van der Waals surface area contributed by atoms with Crippen LogP contribution < -0.4 is 0 Å². The molecule has 0 aliphatic heterocycles. The molecule has 1 aliphatic rings. The van der Waals surface area contributed by atoms with Gasteiger partial charge in [-0.2, -0.15) is 13.2 Å². The van der Waals surface area contributed by atoms with Gasteiger partial charge in [-0.05, 0) is 43.2 Å². The Hall–Kier alpha value is -2.04. The fourth-order valence-electron chi connectivity index (χ4n) is 2.58. The Kier molecular flexibility index (Phi) is 2.92. The van der Waals surface area contributed by atoms with Crippen molar-refractivity contribution < 1.29 is 18.0 Å². The molecular formula is C15H12F3NO. The number of alkyl halides is 3. The predicted octanol–water partition coefficient (Wildman–Crippen LogP) is 4.02. The fourth-order valence-corrected chi connectivity index (χ4v) is 2.58.